The molecule has 3 nitrogen and oxygen atoms in total. The molecule has 0 spiro atoms. The van der Waals surface area contributed by atoms with Crippen LogP contribution in [0, 0.1) is 5.92 Å². The molecule has 2 N–H and O–H groups in total. The maximum atomic E-state index is 4.34. The van der Waals surface area contributed by atoms with E-state index in [9.17, 15) is 0 Å². The van der Waals surface area contributed by atoms with Gasteiger partial charge >= 0.3 is 0 Å². The Balaban J connectivity index is 0.00000200. The van der Waals surface area contributed by atoms with Crippen molar-refractivity contribution in [1.29, 1.82) is 0 Å². The van der Waals surface area contributed by atoms with Crippen LogP contribution in [0.4, 0.5) is 0 Å². The number of hydrogen-bond acceptors (Lipinski definition) is 2. The van der Waals surface area contributed by atoms with Gasteiger partial charge in [0, 0.05) is 24.9 Å². The van der Waals surface area contributed by atoms with Crippen molar-refractivity contribution in [3.05, 3.63) is 0 Å². The number of aliphatic imine (C=N–C) groups is 1. The lowest BCUT2D eigenvalue weighted by molar-refractivity contribution is 0.600. The van der Waals surface area contributed by atoms with Crippen molar-refractivity contribution in [2.45, 2.75) is 63.2 Å². The Morgan fingerprint density at radius 1 is 1.25 bits per heavy atom. The molecule has 0 heterocycles. The van der Waals surface area contributed by atoms with Crippen LogP contribution >= 0.6 is 35.7 Å². The summed E-state index contributed by atoms with van der Waals surface area (Å²) in [5, 5.41) is 7.90. The smallest absolute Gasteiger partial charge is 0.191 e. The number of nitrogens with one attached hydrogen (secondary N) is 2. The average Bonchev–Trinajstić information content (AvgIpc) is 3.14. The van der Waals surface area contributed by atoms with Crippen LogP contribution in [0.25, 0.3) is 0 Å². The normalized spacial score (nSPS) is 26.2. The van der Waals surface area contributed by atoms with Gasteiger partial charge in [-0.1, -0.05) is 19.8 Å². The minimum atomic E-state index is 0. The van der Waals surface area contributed by atoms with Gasteiger partial charge in [-0.2, -0.15) is 11.8 Å². The number of nitrogens with zero attached hydrogens (tertiary/aromatic N) is 1. The third-order valence-electron chi connectivity index (χ3n) is 4.13. The van der Waals surface area contributed by atoms with Gasteiger partial charge in [0.25, 0.3) is 0 Å². The Hall–Kier alpha value is 0.350. The van der Waals surface area contributed by atoms with E-state index in [0.717, 1.165) is 23.7 Å². The first-order chi connectivity index (χ1) is 9.31. The second-order valence-electron chi connectivity index (χ2n) is 5.82. The molecule has 0 aromatic carbocycles. The highest BCUT2D eigenvalue weighted by molar-refractivity contribution is 14.0. The summed E-state index contributed by atoms with van der Waals surface area (Å²) in [7, 11) is 1.88. The van der Waals surface area contributed by atoms with E-state index in [2.05, 4.69) is 34.3 Å². The Kier molecular flexibility index (Phi) is 9.33. The van der Waals surface area contributed by atoms with Crippen molar-refractivity contribution in [3.63, 3.8) is 0 Å². The zero-order chi connectivity index (χ0) is 13.5. The molecule has 2 fully saturated rings. The molecule has 5 heteroatoms. The summed E-state index contributed by atoms with van der Waals surface area (Å²) in [6.45, 7) is 3.32. The van der Waals surface area contributed by atoms with Crippen LogP contribution in [0.5, 0.6) is 0 Å². The second kappa shape index (κ2) is 10.1. The maximum absolute atomic E-state index is 4.34. The average molecular weight is 411 g/mol. The van der Waals surface area contributed by atoms with Gasteiger partial charge in [0.05, 0.1) is 0 Å². The Morgan fingerprint density at radius 3 is 2.70 bits per heavy atom. The molecule has 2 unspecified atom stereocenters. The van der Waals surface area contributed by atoms with Crippen LogP contribution in [-0.4, -0.2) is 36.6 Å². The fraction of sp³-hybridized carbons (Fsp3) is 0.933. The number of rotatable bonds is 7. The number of halogens is 1. The third kappa shape index (κ3) is 6.87. The standard InChI is InChI=1S/C15H29N3S.HI/c1-3-19-14-9-8-13(11-14)18-15(16-2)17-10-4-5-12-6-7-12;/h12-14H,3-11H2,1-2H3,(H2,16,17,18);1H. The predicted molar refractivity (Wildman–Crippen MR) is 101 cm³/mol. The van der Waals surface area contributed by atoms with Crippen LogP contribution < -0.4 is 10.6 Å². The molecule has 2 aliphatic rings. The zero-order valence-electron chi connectivity index (χ0n) is 12.9. The molecular formula is C15H30IN3S. The van der Waals surface area contributed by atoms with Crippen molar-refractivity contribution >= 4 is 41.7 Å². The quantitative estimate of drug-likeness (QED) is 0.291. The number of guanidine groups is 1. The molecule has 0 amide bonds. The van der Waals surface area contributed by atoms with Crippen molar-refractivity contribution in [3.8, 4) is 0 Å². The van der Waals surface area contributed by atoms with Crippen LogP contribution in [0.3, 0.4) is 0 Å². The molecule has 2 aliphatic carbocycles. The molecule has 20 heavy (non-hydrogen) atoms. The predicted octanol–water partition coefficient (Wildman–Crippen LogP) is 3.63. The second-order valence-corrected chi connectivity index (χ2v) is 7.39. The fourth-order valence-corrected chi connectivity index (χ4v) is 3.99. The SMILES string of the molecule is CCSC1CCC(NC(=NC)NCCCC2CC2)C1.I. The number of thioether (sulfide) groups is 1. The van der Waals surface area contributed by atoms with Gasteiger partial charge in [-0.05, 0) is 43.8 Å². The lowest BCUT2D eigenvalue weighted by Gasteiger charge is -2.17. The summed E-state index contributed by atoms with van der Waals surface area (Å²) < 4.78 is 0. The summed E-state index contributed by atoms with van der Waals surface area (Å²) in [6.07, 6.45) is 9.54. The first-order valence-electron chi connectivity index (χ1n) is 7.90. The van der Waals surface area contributed by atoms with Gasteiger partial charge in [0.1, 0.15) is 0 Å². The highest BCUT2D eigenvalue weighted by atomic mass is 127. The first kappa shape index (κ1) is 18.4. The van der Waals surface area contributed by atoms with E-state index >= 15 is 0 Å². The van der Waals surface area contributed by atoms with Gasteiger partial charge in [0.15, 0.2) is 5.96 Å². The van der Waals surface area contributed by atoms with E-state index in [1.807, 2.05) is 7.05 Å². The van der Waals surface area contributed by atoms with Gasteiger partial charge in [0.2, 0.25) is 0 Å². The third-order valence-corrected chi connectivity index (χ3v) is 5.36. The molecule has 118 valence electrons. The van der Waals surface area contributed by atoms with Gasteiger partial charge in [-0.15, -0.1) is 24.0 Å². The van der Waals surface area contributed by atoms with Crippen LogP contribution in [-0.2, 0) is 0 Å². The van der Waals surface area contributed by atoms with Crippen molar-refractivity contribution in [2.24, 2.45) is 10.9 Å². The highest BCUT2D eigenvalue weighted by Gasteiger charge is 2.25. The van der Waals surface area contributed by atoms with Crippen molar-refractivity contribution < 1.29 is 0 Å². The van der Waals surface area contributed by atoms with E-state index in [1.54, 1.807) is 0 Å². The molecule has 0 aromatic heterocycles. The summed E-state index contributed by atoms with van der Waals surface area (Å²) in [5.41, 5.74) is 0. The number of hydrogen-bond donors (Lipinski definition) is 2. The minimum Gasteiger partial charge on any atom is -0.356 e. The first-order valence-corrected chi connectivity index (χ1v) is 8.95. The lowest BCUT2D eigenvalue weighted by atomic mass is 10.2. The zero-order valence-corrected chi connectivity index (χ0v) is 16.0. The molecule has 0 aromatic rings. The van der Waals surface area contributed by atoms with E-state index in [0.29, 0.717) is 6.04 Å². The summed E-state index contributed by atoms with van der Waals surface area (Å²) >= 11 is 2.11. The van der Waals surface area contributed by atoms with Crippen molar-refractivity contribution in [1.82, 2.24) is 10.6 Å². The van der Waals surface area contributed by atoms with E-state index < -0.39 is 0 Å². The summed E-state index contributed by atoms with van der Waals surface area (Å²) in [4.78, 5) is 4.34. The van der Waals surface area contributed by atoms with Gasteiger partial charge in [-0.25, -0.2) is 0 Å². The Bertz CT molecular complexity index is 295. The fourth-order valence-electron chi connectivity index (χ4n) is 2.85. The van der Waals surface area contributed by atoms with Gasteiger partial charge in [-0.3, -0.25) is 4.99 Å². The van der Waals surface area contributed by atoms with Crippen LogP contribution in [0.15, 0.2) is 4.99 Å². The van der Waals surface area contributed by atoms with E-state index in [4.69, 9.17) is 0 Å². The minimum absolute atomic E-state index is 0. The highest BCUT2D eigenvalue weighted by Crippen LogP contribution is 2.33. The van der Waals surface area contributed by atoms with Gasteiger partial charge < -0.3 is 10.6 Å². The Labute approximate surface area is 145 Å². The molecule has 2 atom stereocenters. The molecular weight excluding hydrogens is 381 g/mol. The molecule has 2 rings (SSSR count). The molecule has 0 radical (unpaired) electrons. The topological polar surface area (TPSA) is 36.4 Å². The van der Waals surface area contributed by atoms with Crippen molar-refractivity contribution in [2.75, 3.05) is 19.3 Å². The maximum Gasteiger partial charge on any atom is 0.191 e. The largest absolute Gasteiger partial charge is 0.356 e. The monoisotopic (exact) mass is 411 g/mol. The summed E-state index contributed by atoms with van der Waals surface area (Å²) in [5.74, 6) is 3.28. The Morgan fingerprint density at radius 2 is 2.05 bits per heavy atom. The molecule has 0 aliphatic heterocycles. The molecule has 0 bridgehead atoms. The summed E-state index contributed by atoms with van der Waals surface area (Å²) in [6, 6.07) is 0.624. The van der Waals surface area contributed by atoms with E-state index in [1.165, 1.54) is 50.7 Å². The van der Waals surface area contributed by atoms with E-state index in [-0.39, 0.29) is 24.0 Å². The van der Waals surface area contributed by atoms with Crippen LogP contribution in [0.2, 0.25) is 0 Å². The molecule has 0 saturated heterocycles. The van der Waals surface area contributed by atoms with Crippen LogP contribution in [0.1, 0.15) is 51.9 Å². The lowest BCUT2D eigenvalue weighted by Crippen LogP contribution is -2.42. The molecule has 2 saturated carbocycles.